The van der Waals surface area contributed by atoms with E-state index in [1.165, 1.54) is 11.3 Å². The molecule has 2 aromatic carbocycles. The van der Waals surface area contributed by atoms with Gasteiger partial charge in [0.15, 0.2) is 0 Å². The standard InChI is InChI=1S/C22H18N2O3S/c1-14(19-13-16-5-2-3-6-18(16)27-19)23-21(25)15-8-10-17(11-9-15)24-22(26)20-7-4-12-28-20/h2-14H,1H3,(H,23,25)(H,24,26). The van der Waals surface area contributed by atoms with Gasteiger partial charge in [-0.05, 0) is 54.8 Å². The van der Waals surface area contributed by atoms with Crippen molar-refractivity contribution < 1.29 is 14.0 Å². The minimum Gasteiger partial charge on any atom is -0.459 e. The summed E-state index contributed by atoms with van der Waals surface area (Å²) in [6.07, 6.45) is 0. The Morgan fingerprint density at radius 2 is 1.75 bits per heavy atom. The van der Waals surface area contributed by atoms with Crippen LogP contribution in [0.25, 0.3) is 11.0 Å². The second kappa shape index (κ2) is 7.70. The van der Waals surface area contributed by atoms with Crippen molar-refractivity contribution in [2.75, 3.05) is 5.32 Å². The molecular weight excluding hydrogens is 372 g/mol. The largest absolute Gasteiger partial charge is 0.459 e. The quantitative estimate of drug-likeness (QED) is 0.490. The zero-order valence-electron chi connectivity index (χ0n) is 15.1. The van der Waals surface area contributed by atoms with E-state index in [-0.39, 0.29) is 17.9 Å². The maximum absolute atomic E-state index is 12.5. The van der Waals surface area contributed by atoms with Crippen LogP contribution in [0.5, 0.6) is 0 Å². The molecule has 0 radical (unpaired) electrons. The van der Waals surface area contributed by atoms with Gasteiger partial charge in [0.1, 0.15) is 11.3 Å². The van der Waals surface area contributed by atoms with E-state index in [4.69, 9.17) is 4.42 Å². The molecule has 0 aliphatic heterocycles. The fourth-order valence-electron chi connectivity index (χ4n) is 2.87. The molecule has 0 saturated heterocycles. The average Bonchev–Trinajstić information content (AvgIpc) is 3.38. The topological polar surface area (TPSA) is 71.3 Å². The Balaban J connectivity index is 1.41. The first-order chi connectivity index (χ1) is 13.6. The average molecular weight is 390 g/mol. The van der Waals surface area contributed by atoms with Gasteiger partial charge in [0.25, 0.3) is 11.8 Å². The summed E-state index contributed by atoms with van der Waals surface area (Å²) in [5, 5.41) is 8.61. The SMILES string of the molecule is CC(NC(=O)c1ccc(NC(=O)c2cccs2)cc1)c1cc2ccccc2o1. The van der Waals surface area contributed by atoms with E-state index in [0.29, 0.717) is 21.9 Å². The molecule has 0 saturated carbocycles. The number of rotatable bonds is 5. The molecule has 4 rings (SSSR count). The normalized spacial score (nSPS) is 11.9. The molecule has 2 N–H and O–H groups in total. The molecule has 28 heavy (non-hydrogen) atoms. The second-order valence-electron chi connectivity index (χ2n) is 6.39. The minimum absolute atomic E-state index is 0.161. The molecule has 2 amide bonds. The third-order valence-corrected chi connectivity index (χ3v) is 5.24. The minimum atomic E-state index is -0.266. The van der Waals surface area contributed by atoms with Gasteiger partial charge in [-0.2, -0.15) is 0 Å². The van der Waals surface area contributed by atoms with Gasteiger partial charge in [-0.1, -0.05) is 24.3 Å². The fourth-order valence-corrected chi connectivity index (χ4v) is 3.49. The Hall–Kier alpha value is -3.38. The first-order valence-electron chi connectivity index (χ1n) is 8.84. The summed E-state index contributed by atoms with van der Waals surface area (Å²) < 4.78 is 5.80. The molecule has 0 fully saturated rings. The molecule has 4 aromatic rings. The molecule has 1 unspecified atom stereocenters. The monoisotopic (exact) mass is 390 g/mol. The van der Waals surface area contributed by atoms with Crippen LogP contribution < -0.4 is 10.6 Å². The summed E-state index contributed by atoms with van der Waals surface area (Å²) in [7, 11) is 0. The molecular formula is C22H18N2O3S. The van der Waals surface area contributed by atoms with E-state index in [2.05, 4.69) is 10.6 Å². The molecule has 2 heterocycles. The van der Waals surface area contributed by atoms with Gasteiger partial charge in [0.05, 0.1) is 10.9 Å². The predicted octanol–water partition coefficient (Wildman–Crippen LogP) is 5.24. The van der Waals surface area contributed by atoms with Crippen LogP contribution in [0.15, 0.2) is 76.5 Å². The lowest BCUT2D eigenvalue weighted by Gasteiger charge is -2.12. The molecule has 140 valence electrons. The van der Waals surface area contributed by atoms with Gasteiger partial charge in [-0.25, -0.2) is 0 Å². The fraction of sp³-hybridized carbons (Fsp3) is 0.0909. The van der Waals surface area contributed by atoms with Crippen LogP contribution in [0, 0.1) is 0 Å². The summed E-state index contributed by atoms with van der Waals surface area (Å²) in [5.41, 5.74) is 1.95. The third kappa shape index (κ3) is 3.82. The van der Waals surface area contributed by atoms with Crippen molar-refractivity contribution in [3.05, 3.63) is 88.3 Å². The van der Waals surface area contributed by atoms with Crippen molar-refractivity contribution >= 4 is 39.8 Å². The Bertz CT molecular complexity index is 1080. The number of amides is 2. The number of nitrogens with one attached hydrogen (secondary N) is 2. The van der Waals surface area contributed by atoms with Gasteiger partial charge < -0.3 is 15.1 Å². The molecule has 1 atom stereocenters. The van der Waals surface area contributed by atoms with Crippen LogP contribution in [-0.2, 0) is 0 Å². The van der Waals surface area contributed by atoms with Crippen molar-refractivity contribution in [2.45, 2.75) is 13.0 Å². The van der Waals surface area contributed by atoms with Gasteiger partial charge in [0, 0.05) is 16.6 Å². The van der Waals surface area contributed by atoms with E-state index < -0.39 is 0 Å². The highest BCUT2D eigenvalue weighted by atomic mass is 32.1. The highest BCUT2D eigenvalue weighted by Crippen LogP contribution is 2.24. The number of fused-ring (bicyclic) bond motifs is 1. The highest BCUT2D eigenvalue weighted by Gasteiger charge is 2.15. The molecule has 0 aliphatic rings. The number of furan rings is 1. The van der Waals surface area contributed by atoms with Crippen LogP contribution in [0.1, 0.15) is 38.8 Å². The van der Waals surface area contributed by atoms with E-state index in [1.54, 1.807) is 30.3 Å². The zero-order valence-corrected chi connectivity index (χ0v) is 16.0. The summed E-state index contributed by atoms with van der Waals surface area (Å²) in [6, 6.07) is 19.8. The third-order valence-electron chi connectivity index (χ3n) is 4.37. The van der Waals surface area contributed by atoms with Crippen molar-refractivity contribution in [1.82, 2.24) is 5.32 Å². The van der Waals surface area contributed by atoms with Gasteiger partial charge in [-0.3, -0.25) is 9.59 Å². The van der Waals surface area contributed by atoms with Crippen molar-refractivity contribution in [1.29, 1.82) is 0 Å². The smallest absolute Gasteiger partial charge is 0.265 e. The van der Waals surface area contributed by atoms with E-state index in [0.717, 1.165) is 11.0 Å². The molecule has 5 nitrogen and oxygen atoms in total. The van der Waals surface area contributed by atoms with Crippen molar-refractivity contribution in [2.24, 2.45) is 0 Å². The number of hydrogen-bond donors (Lipinski definition) is 2. The van der Waals surface area contributed by atoms with Crippen molar-refractivity contribution in [3.8, 4) is 0 Å². The molecule has 0 bridgehead atoms. The molecule has 6 heteroatoms. The summed E-state index contributed by atoms with van der Waals surface area (Å²) in [6.45, 7) is 1.88. The van der Waals surface area contributed by atoms with E-state index >= 15 is 0 Å². The number of thiophene rings is 1. The molecule has 0 aliphatic carbocycles. The Kier molecular flexibility index (Phi) is 4.95. The lowest BCUT2D eigenvalue weighted by molar-refractivity contribution is 0.0935. The predicted molar refractivity (Wildman–Crippen MR) is 111 cm³/mol. The maximum atomic E-state index is 12.5. The summed E-state index contributed by atoms with van der Waals surface area (Å²) in [5.74, 6) is 0.337. The van der Waals surface area contributed by atoms with Crippen LogP contribution >= 0.6 is 11.3 Å². The lowest BCUT2D eigenvalue weighted by Crippen LogP contribution is -2.26. The van der Waals surface area contributed by atoms with E-state index in [9.17, 15) is 9.59 Å². The number of hydrogen-bond acceptors (Lipinski definition) is 4. The molecule has 0 spiro atoms. The van der Waals surface area contributed by atoms with Crippen LogP contribution in [0.3, 0.4) is 0 Å². The summed E-state index contributed by atoms with van der Waals surface area (Å²) >= 11 is 1.38. The Morgan fingerprint density at radius 1 is 0.964 bits per heavy atom. The van der Waals surface area contributed by atoms with Gasteiger partial charge in [0.2, 0.25) is 0 Å². The first kappa shape index (κ1) is 18.0. The number of anilines is 1. The number of carbonyl (C=O) groups excluding carboxylic acids is 2. The van der Waals surface area contributed by atoms with Crippen LogP contribution in [-0.4, -0.2) is 11.8 Å². The van der Waals surface area contributed by atoms with Crippen LogP contribution in [0.4, 0.5) is 5.69 Å². The second-order valence-corrected chi connectivity index (χ2v) is 7.34. The van der Waals surface area contributed by atoms with Crippen LogP contribution in [0.2, 0.25) is 0 Å². The first-order valence-corrected chi connectivity index (χ1v) is 9.72. The number of carbonyl (C=O) groups is 2. The van der Waals surface area contributed by atoms with Gasteiger partial charge >= 0.3 is 0 Å². The number of para-hydroxylation sites is 1. The highest BCUT2D eigenvalue weighted by molar-refractivity contribution is 7.12. The maximum Gasteiger partial charge on any atom is 0.265 e. The van der Waals surface area contributed by atoms with Crippen molar-refractivity contribution in [3.63, 3.8) is 0 Å². The van der Waals surface area contributed by atoms with E-state index in [1.807, 2.05) is 48.7 Å². The lowest BCUT2D eigenvalue weighted by atomic mass is 10.1. The Morgan fingerprint density at radius 3 is 2.46 bits per heavy atom. The summed E-state index contributed by atoms with van der Waals surface area (Å²) in [4.78, 5) is 25.2. The molecule has 2 aromatic heterocycles. The Labute approximate surface area is 166 Å². The van der Waals surface area contributed by atoms with Gasteiger partial charge in [-0.15, -0.1) is 11.3 Å². The zero-order chi connectivity index (χ0) is 19.5. The number of benzene rings is 2.